The number of thiocarbonyl (C=S) groups is 1. The van der Waals surface area contributed by atoms with Gasteiger partial charge in [0.2, 0.25) is 5.75 Å². The number of imidazole rings is 1. The van der Waals surface area contributed by atoms with E-state index in [2.05, 4.69) is 91.3 Å². The highest BCUT2D eigenvalue weighted by molar-refractivity contribution is 7.80. The maximum Gasteiger partial charge on any atom is 0.200 e. The summed E-state index contributed by atoms with van der Waals surface area (Å²) < 4.78 is 13.0. The molecule has 0 saturated heterocycles. The molecule has 9 heteroatoms. The minimum Gasteiger partial charge on any atom is -0.502 e. The largest absolute Gasteiger partial charge is 0.502 e. The first-order chi connectivity index (χ1) is 20.8. The summed E-state index contributed by atoms with van der Waals surface area (Å²) in [4.78, 5) is 9.87. The van der Waals surface area contributed by atoms with Crippen molar-refractivity contribution in [2.45, 2.75) is 34.6 Å². The maximum absolute atomic E-state index is 10.6. The monoisotopic (exact) mass is 601 g/mol. The quantitative estimate of drug-likeness (QED) is 0.168. The number of rotatable bonds is 12. The minimum absolute atomic E-state index is 0.0689. The van der Waals surface area contributed by atoms with E-state index in [-0.39, 0.29) is 17.2 Å². The molecule has 0 radical (unpaired) electrons. The van der Waals surface area contributed by atoms with E-state index in [0.717, 1.165) is 60.1 Å². The van der Waals surface area contributed by atoms with E-state index in [1.54, 1.807) is 12.1 Å². The van der Waals surface area contributed by atoms with Crippen molar-refractivity contribution in [2.75, 3.05) is 56.7 Å². The van der Waals surface area contributed by atoms with E-state index in [0.29, 0.717) is 23.0 Å². The van der Waals surface area contributed by atoms with Gasteiger partial charge < -0.3 is 29.7 Å². The summed E-state index contributed by atoms with van der Waals surface area (Å²) in [6.45, 7) is 15.0. The highest BCUT2D eigenvalue weighted by atomic mass is 32.1. The number of hydrogen-bond donors (Lipinski definition) is 2. The lowest BCUT2D eigenvalue weighted by molar-refractivity contribution is 0.340. The molecule has 0 fully saturated rings. The lowest BCUT2D eigenvalue weighted by Crippen LogP contribution is -2.29. The molecule has 0 spiro atoms. The Morgan fingerprint density at radius 3 is 1.65 bits per heavy atom. The lowest BCUT2D eigenvalue weighted by Gasteiger charge is -2.22. The summed E-state index contributed by atoms with van der Waals surface area (Å²) >= 11 is 5.98. The van der Waals surface area contributed by atoms with Crippen LogP contribution in [0.15, 0.2) is 60.7 Å². The fourth-order valence-corrected chi connectivity index (χ4v) is 5.69. The SMILES string of the molecule is CCNC(=S)n1c(-c2cc(OC)c(O)c(OC)c2)nc(-c2ccc(N(CC)CC)cc2)c1-c1ccc(N(CC)CC)cc1. The van der Waals surface area contributed by atoms with E-state index in [9.17, 15) is 5.11 Å². The number of hydrogen-bond acceptors (Lipinski definition) is 7. The molecule has 3 aromatic carbocycles. The Kier molecular flexibility index (Phi) is 10.5. The summed E-state index contributed by atoms with van der Waals surface area (Å²) in [5.41, 5.74) is 6.63. The van der Waals surface area contributed by atoms with Gasteiger partial charge in [-0.05, 0) is 83.2 Å². The Morgan fingerprint density at radius 2 is 1.23 bits per heavy atom. The second-order valence-electron chi connectivity index (χ2n) is 9.97. The van der Waals surface area contributed by atoms with Gasteiger partial charge in [-0.25, -0.2) is 4.98 Å². The third-order valence-corrected chi connectivity index (χ3v) is 8.01. The third kappa shape index (κ3) is 6.41. The number of nitrogens with one attached hydrogen (secondary N) is 1. The number of anilines is 2. The number of phenols is 1. The standard InChI is InChI=1S/C34H43N5O3S/c1-8-35-34(43)39-31(24-15-19-27(20-16-24)38(11-4)12-5)30(23-13-17-26(18-14-23)37(9-2)10-3)36-33(39)25-21-28(41-6)32(40)29(22-25)42-7/h13-22,40H,8-12H2,1-7H3,(H,35,43). The van der Waals surface area contributed by atoms with Crippen LogP contribution in [0.3, 0.4) is 0 Å². The molecule has 0 aliphatic carbocycles. The van der Waals surface area contributed by atoms with Crippen molar-refractivity contribution in [1.82, 2.24) is 14.9 Å². The van der Waals surface area contributed by atoms with Crippen LogP contribution < -0.4 is 24.6 Å². The van der Waals surface area contributed by atoms with Gasteiger partial charge in [-0.1, -0.05) is 24.3 Å². The van der Waals surface area contributed by atoms with Crippen molar-refractivity contribution < 1.29 is 14.6 Å². The number of phenolic OH excluding ortho intramolecular Hbond substituents is 1. The van der Waals surface area contributed by atoms with Gasteiger partial charge in [0.25, 0.3) is 0 Å². The molecule has 8 nitrogen and oxygen atoms in total. The molecule has 0 amide bonds. The first-order valence-corrected chi connectivity index (χ1v) is 15.3. The first kappa shape index (κ1) is 31.7. The zero-order chi connectivity index (χ0) is 31.1. The molecule has 1 heterocycles. The van der Waals surface area contributed by atoms with Gasteiger partial charge >= 0.3 is 0 Å². The summed E-state index contributed by atoms with van der Waals surface area (Å²) in [6.07, 6.45) is 0. The van der Waals surface area contributed by atoms with Crippen LogP contribution in [-0.2, 0) is 0 Å². The molecule has 0 aliphatic heterocycles. The van der Waals surface area contributed by atoms with Crippen LogP contribution in [0.1, 0.15) is 34.6 Å². The number of benzene rings is 3. The van der Waals surface area contributed by atoms with Gasteiger partial charge in [-0.3, -0.25) is 4.57 Å². The van der Waals surface area contributed by atoms with Gasteiger partial charge in [0.1, 0.15) is 5.82 Å². The van der Waals surface area contributed by atoms with Gasteiger partial charge in [0.05, 0.1) is 25.6 Å². The van der Waals surface area contributed by atoms with Crippen molar-refractivity contribution in [1.29, 1.82) is 0 Å². The Balaban J connectivity index is 2.03. The van der Waals surface area contributed by atoms with Crippen molar-refractivity contribution in [2.24, 2.45) is 0 Å². The van der Waals surface area contributed by atoms with Crippen molar-refractivity contribution in [3.05, 3.63) is 60.7 Å². The summed E-state index contributed by atoms with van der Waals surface area (Å²) in [7, 11) is 3.03. The van der Waals surface area contributed by atoms with Gasteiger partial charge in [-0.2, -0.15) is 0 Å². The van der Waals surface area contributed by atoms with E-state index in [4.69, 9.17) is 26.7 Å². The highest BCUT2D eigenvalue weighted by Gasteiger charge is 2.25. The molecular formula is C34H43N5O3S. The van der Waals surface area contributed by atoms with Crippen molar-refractivity contribution >= 4 is 28.7 Å². The third-order valence-electron chi connectivity index (χ3n) is 7.69. The summed E-state index contributed by atoms with van der Waals surface area (Å²) in [6, 6.07) is 20.6. The number of aromatic hydroxyl groups is 1. The van der Waals surface area contributed by atoms with Crippen LogP contribution in [0.25, 0.3) is 33.9 Å². The zero-order valence-electron chi connectivity index (χ0n) is 26.3. The molecule has 0 atom stereocenters. The average Bonchev–Trinajstić information content (AvgIpc) is 3.44. The molecule has 0 saturated carbocycles. The molecule has 4 rings (SSSR count). The van der Waals surface area contributed by atoms with Crippen LogP contribution in [0.5, 0.6) is 17.2 Å². The predicted octanol–water partition coefficient (Wildman–Crippen LogP) is 7.04. The predicted molar refractivity (Wildman–Crippen MR) is 182 cm³/mol. The summed E-state index contributed by atoms with van der Waals surface area (Å²) in [5, 5.41) is 14.5. The van der Waals surface area contributed by atoms with Crippen LogP contribution in [0.2, 0.25) is 0 Å². The Labute approximate surface area is 260 Å². The van der Waals surface area contributed by atoms with Crippen LogP contribution >= 0.6 is 12.2 Å². The highest BCUT2D eigenvalue weighted by Crippen LogP contribution is 2.43. The van der Waals surface area contributed by atoms with E-state index >= 15 is 0 Å². The van der Waals surface area contributed by atoms with Crippen LogP contribution in [0, 0.1) is 0 Å². The van der Waals surface area contributed by atoms with Gasteiger partial charge in [-0.15, -0.1) is 0 Å². The first-order valence-electron chi connectivity index (χ1n) is 14.9. The summed E-state index contributed by atoms with van der Waals surface area (Å²) in [5.74, 6) is 1.11. The topological polar surface area (TPSA) is 75.0 Å². The molecule has 4 aromatic rings. The van der Waals surface area contributed by atoms with Gasteiger partial charge in [0, 0.05) is 60.8 Å². The maximum atomic E-state index is 10.6. The Bertz CT molecular complexity index is 1500. The van der Waals surface area contributed by atoms with Crippen molar-refractivity contribution in [3.63, 3.8) is 0 Å². The van der Waals surface area contributed by atoms with E-state index in [1.807, 2.05) is 11.5 Å². The van der Waals surface area contributed by atoms with E-state index < -0.39 is 0 Å². The second kappa shape index (κ2) is 14.3. The molecule has 2 N–H and O–H groups in total. The molecule has 228 valence electrons. The normalized spacial score (nSPS) is 10.9. The number of nitrogens with zero attached hydrogens (tertiary/aromatic N) is 4. The Hall–Kier alpha value is -4.24. The number of ether oxygens (including phenoxy) is 2. The van der Waals surface area contributed by atoms with Gasteiger partial charge in [0.15, 0.2) is 16.6 Å². The number of methoxy groups -OCH3 is 2. The molecule has 43 heavy (non-hydrogen) atoms. The fraction of sp³-hybridized carbons (Fsp3) is 0.353. The smallest absolute Gasteiger partial charge is 0.200 e. The van der Waals surface area contributed by atoms with Crippen LogP contribution in [0.4, 0.5) is 11.4 Å². The lowest BCUT2D eigenvalue weighted by atomic mass is 10.0. The molecule has 0 bridgehead atoms. The average molecular weight is 602 g/mol. The molecular weight excluding hydrogens is 558 g/mol. The zero-order valence-corrected chi connectivity index (χ0v) is 27.1. The van der Waals surface area contributed by atoms with Crippen LogP contribution in [-0.4, -0.2) is 66.7 Å². The molecule has 0 unspecified atom stereocenters. The minimum atomic E-state index is -0.0689. The molecule has 1 aromatic heterocycles. The van der Waals surface area contributed by atoms with E-state index in [1.165, 1.54) is 14.2 Å². The Morgan fingerprint density at radius 1 is 0.767 bits per heavy atom. The fourth-order valence-electron chi connectivity index (χ4n) is 5.37. The number of aromatic nitrogens is 2. The molecule has 0 aliphatic rings. The van der Waals surface area contributed by atoms with Crippen molar-refractivity contribution in [3.8, 4) is 51.2 Å². The second-order valence-corrected chi connectivity index (χ2v) is 10.4.